The van der Waals surface area contributed by atoms with E-state index in [9.17, 15) is 15.3 Å². The summed E-state index contributed by atoms with van der Waals surface area (Å²) in [5.74, 6) is 0.115. The minimum Gasteiger partial charge on any atom is -2.00 e. The monoisotopic (exact) mass is 605 g/mol. The molecule has 0 saturated carbocycles. The molecular weight excluding hydrogens is 553 g/mol. The molecule has 0 aliphatic rings. The Hall–Kier alpha value is -1.54. The molecule has 6 nitrogen and oxygen atoms in total. The van der Waals surface area contributed by atoms with Crippen molar-refractivity contribution in [1.29, 1.82) is 0 Å². The van der Waals surface area contributed by atoms with Gasteiger partial charge in [0.15, 0.2) is 0 Å². The average molecular weight is 606 g/mol. The zero-order valence-corrected chi connectivity index (χ0v) is 28.9. The topological polar surface area (TPSA) is 110 Å². The molecule has 0 aromatic heterocycles. The Morgan fingerprint density at radius 2 is 0.976 bits per heavy atom. The van der Waals surface area contributed by atoms with E-state index in [0.717, 1.165) is 33.4 Å². The Morgan fingerprint density at radius 1 is 0.610 bits per heavy atom. The van der Waals surface area contributed by atoms with Gasteiger partial charge in [-0.2, -0.15) is 0 Å². The molecule has 0 unspecified atom stereocenters. The predicted molar refractivity (Wildman–Crippen MR) is 157 cm³/mol. The van der Waals surface area contributed by atoms with E-state index in [1.807, 2.05) is 12.1 Å². The molecule has 41 heavy (non-hydrogen) atoms. The van der Waals surface area contributed by atoms with Crippen LogP contribution in [0.3, 0.4) is 0 Å². The number of hydrogen-bond acceptors (Lipinski definition) is 5. The first kappa shape index (κ1) is 39.5. The van der Waals surface area contributed by atoms with Gasteiger partial charge in [-0.05, 0) is 55.0 Å². The van der Waals surface area contributed by atoms with E-state index in [0.29, 0.717) is 26.2 Å². The van der Waals surface area contributed by atoms with Crippen LogP contribution < -0.4 is 15.3 Å². The van der Waals surface area contributed by atoms with Gasteiger partial charge in [0.2, 0.25) is 0 Å². The summed E-state index contributed by atoms with van der Waals surface area (Å²) in [6.45, 7) is 26.9. The first-order chi connectivity index (χ1) is 17.7. The number of ether oxygens (including phenoxy) is 1. The standard InChI is InChI=1S/C34H54NO4.O.V/c1-31(2,3)25-17-23(29(37)27(19-25)33(7,8)9)21-35(13-15-39-16-14-36)22-24-18-26(32(4,5)6)20-28(30(24)38)34(10,11)12;;/h17-20,37-38H,13-16,21-22H2,1-12H3;;/q-1;-2;/p-2. The maximum atomic E-state index is 13.7. The summed E-state index contributed by atoms with van der Waals surface area (Å²) in [6, 6.07) is 8.19. The molecule has 0 spiro atoms. The second-order valence-corrected chi connectivity index (χ2v) is 15.1. The van der Waals surface area contributed by atoms with E-state index < -0.39 is 0 Å². The van der Waals surface area contributed by atoms with Gasteiger partial charge in [-0.25, -0.2) is 0 Å². The fourth-order valence-electron chi connectivity index (χ4n) is 4.64. The van der Waals surface area contributed by atoms with Gasteiger partial charge in [-0.15, -0.1) is 18.1 Å². The van der Waals surface area contributed by atoms with Gasteiger partial charge in [0.05, 0.1) is 6.61 Å². The molecule has 2 rings (SSSR count). The largest absolute Gasteiger partial charge is 2.00 e. The van der Waals surface area contributed by atoms with Crippen LogP contribution >= 0.6 is 0 Å². The normalized spacial score (nSPS) is 12.7. The Labute approximate surface area is 261 Å². The fourth-order valence-corrected chi connectivity index (χ4v) is 4.64. The first-order valence-electron chi connectivity index (χ1n) is 14.2. The van der Waals surface area contributed by atoms with E-state index in [4.69, 9.17) is 4.74 Å². The van der Waals surface area contributed by atoms with Gasteiger partial charge in [-0.1, -0.05) is 107 Å². The maximum absolute atomic E-state index is 13.7. The Balaban J connectivity index is 0.00000800. The quantitative estimate of drug-likeness (QED) is 0.361. The minimum absolute atomic E-state index is 0. The predicted octanol–water partition coefficient (Wildman–Crippen LogP) is 5.28. The van der Waals surface area contributed by atoms with Crippen molar-refractivity contribution in [3.63, 3.8) is 0 Å². The number of nitrogens with zero attached hydrogens (tertiary/aromatic N) is 1. The van der Waals surface area contributed by atoms with Crippen molar-refractivity contribution in [3.05, 3.63) is 57.6 Å². The van der Waals surface area contributed by atoms with Crippen molar-refractivity contribution in [3.8, 4) is 11.5 Å². The van der Waals surface area contributed by atoms with Crippen LogP contribution in [0.5, 0.6) is 11.5 Å². The molecule has 0 fully saturated rings. The van der Waals surface area contributed by atoms with Crippen molar-refractivity contribution in [2.75, 3.05) is 26.4 Å². The zero-order valence-electron chi connectivity index (χ0n) is 27.5. The van der Waals surface area contributed by atoms with Crippen LogP contribution in [0, 0.1) is 0 Å². The number of hydrogen-bond donors (Lipinski definition) is 0. The Kier molecular flexibility index (Phi) is 14.2. The van der Waals surface area contributed by atoms with Gasteiger partial charge in [0.1, 0.15) is 0 Å². The van der Waals surface area contributed by atoms with E-state index in [1.54, 1.807) is 0 Å². The summed E-state index contributed by atoms with van der Waals surface area (Å²) >= 11 is 0. The van der Waals surface area contributed by atoms with Gasteiger partial charge >= 0.3 is 0 Å². The summed E-state index contributed by atoms with van der Waals surface area (Å²) in [7, 11) is 0. The van der Waals surface area contributed by atoms with Gasteiger partial charge in [0, 0.05) is 44.8 Å². The second kappa shape index (κ2) is 14.8. The summed E-state index contributed by atoms with van der Waals surface area (Å²) in [6.07, 6.45) is 0. The van der Waals surface area contributed by atoms with Crippen LogP contribution in [0.15, 0.2) is 24.3 Å². The molecule has 0 bridgehead atoms. The third-order valence-corrected chi connectivity index (χ3v) is 7.25. The third kappa shape index (κ3) is 10.9. The number of benzene rings is 2. The van der Waals surface area contributed by atoms with Crippen LogP contribution in [-0.2, 0) is 63.5 Å². The SMILES string of the molecule is CC(C)(C)c1cc(CN(CCOCC[O-])Cc2cc(C(C)(C)C)cc(C(C)(C)C)c2[O-])c([O-])c(C(C)(C)C)c1.[O-2].[V]. The molecule has 0 aliphatic carbocycles. The minimum atomic E-state index is -0.292. The zero-order chi connectivity index (χ0) is 30.0. The van der Waals surface area contributed by atoms with Gasteiger partial charge in [-0.3, -0.25) is 4.90 Å². The van der Waals surface area contributed by atoms with Crippen molar-refractivity contribution in [2.24, 2.45) is 0 Å². The fraction of sp³-hybridized carbons (Fsp3) is 0.647. The van der Waals surface area contributed by atoms with Crippen molar-refractivity contribution in [1.82, 2.24) is 4.90 Å². The molecule has 233 valence electrons. The van der Waals surface area contributed by atoms with Crippen LogP contribution in [0.25, 0.3) is 0 Å². The molecule has 0 N–H and O–H groups in total. The van der Waals surface area contributed by atoms with Gasteiger partial charge in [0.25, 0.3) is 0 Å². The average Bonchev–Trinajstić information content (AvgIpc) is 2.76. The summed E-state index contributed by atoms with van der Waals surface area (Å²) in [5.41, 5.74) is 4.50. The van der Waals surface area contributed by atoms with Gasteiger partial charge < -0.3 is 25.5 Å². The molecule has 2 aromatic carbocycles. The smallest absolute Gasteiger partial charge is 0.0593 e. The van der Waals surface area contributed by atoms with Crippen LogP contribution in [-0.4, -0.2) is 31.3 Å². The first-order valence-corrected chi connectivity index (χ1v) is 14.2. The van der Waals surface area contributed by atoms with E-state index in [1.165, 1.54) is 0 Å². The summed E-state index contributed by atoms with van der Waals surface area (Å²) in [4.78, 5) is 2.12. The van der Waals surface area contributed by atoms with Crippen molar-refractivity contribution < 1.29 is 44.1 Å². The molecular formula is C34H52NO5V-5. The van der Waals surface area contributed by atoms with E-state index in [-0.39, 0.29) is 70.4 Å². The molecule has 0 amide bonds. The second-order valence-electron chi connectivity index (χ2n) is 15.1. The molecule has 7 heteroatoms. The third-order valence-electron chi connectivity index (χ3n) is 7.25. The Bertz CT molecular complexity index is 1030. The summed E-state index contributed by atoms with van der Waals surface area (Å²) in [5, 5.41) is 38.4. The van der Waals surface area contributed by atoms with Crippen LogP contribution in [0.1, 0.15) is 116 Å². The van der Waals surface area contributed by atoms with Crippen molar-refractivity contribution in [2.45, 2.75) is 118 Å². The molecule has 0 aliphatic heterocycles. The van der Waals surface area contributed by atoms with Crippen molar-refractivity contribution >= 4 is 0 Å². The molecule has 0 heterocycles. The molecule has 0 atom stereocenters. The Morgan fingerprint density at radius 3 is 1.27 bits per heavy atom. The number of rotatable bonds is 9. The van der Waals surface area contributed by atoms with E-state index >= 15 is 0 Å². The maximum Gasteiger partial charge on any atom is 0.0593 e. The molecule has 2 aromatic rings. The molecule has 1 radical (unpaired) electrons. The van der Waals surface area contributed by atoms with Crippen LogP contribution in [0.4, 0.5) is 0 Å². The van der Waals surface area contributed by atoms with E-state index in [2.05, 4.69) is 100 Å². The summed E-state index contributed by atoms with van der Waals surface area (Å²) < 4.78 is 5.55. The molecule has 0 saturated heterocycles. The van der Waals surface area contributed by atoms with Crippen LogP contribution in [0.2, 0.25) is 0 Å².